The van der Waals surface area contributed by atoms with E-state index in [1.165, 1.54) is 0 Å². The van der Waals surface area contributed by atoms with Crippen molar-refractivity contribution in [2.45, 2.75) is 44.8 Å². The van der Waals surface area contributed by atoms with E-state index in [1.54, 1.807) is 13.8 Å². The van der Waals surface area contributed by atoms with Crippen molar-refractivity contribution in [2.24, 2.45) is 11.8 Å². The maximum Gasteiger partial charge on any atom is 0.334 e. The van der Waals surface area contributed by atoms with Crippen LogP contribution in [-0.2, 0) is 14.3 Å². The molecule has 1 saturated heterocycles. The molecule has 1 N–H and O–H groups in total. The predicted octanol–water partition coefficient (Wildman–Crippen LogP) is 1.53. The number of ether oxygens (including phenoxy) is 1. The van der Waals surface area contributed by atoms with Crippen LogP contribution in [0.5, 0.6) is 0 Å². The Bertz CT molecular complexity index is 526. The average molecular weight is 262 g/mol. The SMILES string of the molecule is C=C1C(=O)O[C@H]2C3=C(C)C(=O)C[C@@H]3[C@@](C)(O)CC[C@H]12. The molecule has 19 heavy (non-hydrogen) atoms. The molecule has 0 amide bonds. The number of Topliss-reactive ketones (excluding diaryl/α,β-unsaturated/α-hetero) is 1. The molecule has 0 bridgehead atoms. The Labute approximate surface area is 112 Å². The Morgan fingerprint density at radius 1 is 1.42 bits per heavy atom. The summed E-state index contributed by atoms with van der Waals surface area (Å²) in [7, 11) is 0. The monoisotopic (exact) mass is 262 g/mol. The molecule has 0 unspecified atom stereocenters. The minimum atomic E-state index is -0.917. The lowest BCUT2D eigenvalue weighted by molar-refractivity contribution is -0.138. The van der Waals surface area contributed by atoms with Crippen LogP contribution in [-0.4, -0.2) is 28.6 Å². The molecule has 4 atom stereocenters. The third-order valence-corrected chi connectivity index (χ3v) is 4.94. The summed E-state index contributed by atoms with van der Waals surface area (Å²) in [6.45, 7) is 7.35. The zero-order valence-corrected chi connectivity index (χ0v) is 11.2. The van der Waals surface area contributed by atoms with Crippen molar-refractivity contribution in [3.63, 3.8) is 0 Å². The molecule has 4 nitrogen and oxygen atoms in total. The Kier molecular flexibility index (Phi) is 2.52. The van der Waals surface area contributed by atoms with Crippen LogP contribution in [0.15, 0.2) is 23.3 Å². The van der Waals surface area contributed by atoms with Gasteiger partial charge in [0.2, 0.25) is 0 Å². The molecule has 0 radical (unpaired) electrons. The lowest BCUT2D eigenvalue weighted by atomic mass is 9.82. The summed E-state index contributed by atoms with van der Waals surface area (Å²) in [5.41, 5.74) is 1.04. The van der Waals surface area contributed by atoms with Crippen molar-refractivity contribution < 1.29 is 19.4 Å². The second-order valence-corrected chi connectivity index (χ2v) is 6.11. The molecule has 102 valence electrons. The summed E-state index contributed by atoms with van der Waals surface area (Å²) >= 11 is 0. The van der Waals surface area contributed by atoms with Gasteiger partial charge >= 0.3 is 5.97 Å². The topological polar surface area (TPSA) is 63.6 Å². The number of ketones is 1. The normalized spacial score (nSPS) is 42.1. The van der Waals surface area contributed by atoms with Crippen LogP contribution in [0.3, 0.4) is 0 Å². The number of rotatable bonds is 0. The van der Waals surface area contributed by atoms with Crippen LogP contribution in [0.1, 0.15) is 33.1 Å². The standard InChI is InChI=1S/C15H18O4/c1-7-9-4-5-15(3,18)10-6-11(16)8(2)12(10)13(9)19-14(7)17/h9-10,13,18H,1,4-6H2,2-3H3/t9-,10+,13-,15+/m1/s1. The lowest BCUT2D eigenvalue weighted by Gasteiger charge is -2.30. The highest BCUT2D eigenvalue weighted by molar-refractivity contribution is 6.00. The van der Waals surface area contributed by atoms with Gasteiger partial charge < -0.3 is 9.84 Å². The molecule has 1 heterocycles. The smallest absolute Gasteiger partial charge is 0.334 e. The quantitative estimate of drug-likeness (QED) is 0.531. The fourth-order valence-corrected chi connectivity index (χ4v) is 3.67. The summed E-state index contributed by atoms with van der Waals surface area (Å²) in [4.78, 5) is 23.7. The van der Waals surface area contributed by atoms with Crippen LogP contribution in [0.2, 0.25) is 0 Å². The Hall–Kier alpha value is -1.42. The molecule has 1 saturated carbocycles. The molecule has 0 aromatic rings. The fraction of sp³-hybridized carbons (Fsp3) is 0.600. The maximum absolute atomic E-state index is 12.0. The minimum Gasteiger partial charge on any atom is -0.454 e. The molecule has 2 aliphatic carbocycles. The third-order valence-electron chi connectivity index (χ3n) is 4.94. The average Bonchev–Trinajstić information content (AvgIpc) is 2.74. The number of aliphatic hydroxyl groups is 1. The first kappa shape index (κ1) is 12.6. The third kappa shape index (κ3) is 1.62. The van der Waals surface area contributed by atoms with Crippen molar-refractivity contribution in [3.05, 3.63) is 23.3 Å². The number of carbonyl (C=O) groups excluding carboxylic acids is 2. The Morgan fingerprint density at radius 3 is 2.79 bits per heavy atom. The predicted molar refractivity (Wildman–Crippen MR) is 68.2 cm³/mol. The number of hydrogen-bond donors (Lipinski definition) is 1. The second kappa shape index (κ2) is 3.79. The zero-order valence-electron chi connectivity index (χ0n) is 11.2. The molecule has 3 rings (SSSR count). The Morgan fingerprint density at radius 2 is 2.11 bits per heavy atom. The van der Waals surface area contributed by atoms with Gasteiger partial charge in [-0.15, -0.1) is 0 Å². The van der Waals surface area contributed by atoms with Gasteiger partial charge in [-0.3, -0.25) is 4.79 Å². The number of esters is 1. The van der Waals surface area contributed by atoms with E-state index in [0.29, 0.717) is 30.4 Å². The van der Waals surface area contributed by atoms with Gasteiger partial charge in [0.05, 0.1) is 5.60 Å². The summed E-state index contributed by atoms with van der Waals surface area (Å²) in [6.07, 6.45) is 1.15. The first-order chi connectivity index (χ1) is 8.83. The van der Waals surface area contributed by atoms with E-state index >= 15 is 0 Å². The molecular formula is C15H18O4. The largest absolute Gasteiger partial charge is 0.454 e. The maximum atomic E-state index is 12.0. The van der Waals surface area contributed by atoms with Crippen LogP contribution in [0, 0.1) is 11.8 Å². The molecule has 0 spiro atoms. The number of allylic oxidation sites excluding steroid dienone is 1. The van der Waals surface area contributed by atoms with Gasteiger partial charge in [-0.2, -0.15) is 0 Å². The molecule has 0 aromatic heterocycles. The first-order valence-electron chi connectivity index (χ1n) is 6.69. The van der Waals surface area contributed by atoms with E-state index in [2.05, 4.69) is 6.58 Å². The van der Waals surface area contributed by atoms with Crippen molar-refractivity contribution >= 4 is 11.8 Å². The summed E-state index contributed by atoms with van der Waals surface area (Å²) in [5.74, 6) is -0.641. The highest BCUT2D eigenvalue weighted by atomic mass is 16.6. The number of carbonyl (C=O) groups is 2. The Balaban J connectivity index is 2.12. The zero-order chi connectivity index (χ0) is 13.9. The van der Waals surface area contributed by atoms with Crippen molar-refractivity contribution in [1.29, 1.82) is 0 Å². The van der Waals surface area contributed by atoms with Gasteiger partial charge in [-0.05, 0) is 37.8 Å². The minimum absolute atomic E-state index is 0.0505. The molecule has 1 aliphatic heterocycles. The van der Waals surface area contributed by atoms with Crippen LogP contribution < -0.4 is 0 Å². The molecular weight excluding hydrogens is 244 g/mol. The number of fused-ring (bicyclic) bond motifs is 3. The summed E-state index contributed by atoms with van der Waals surface area (Å²) < 4.78 is 5.42. The molecule has 3 aliphatic rings. The molecule has 4 heteroatoms. The van der Waals surface area contributed by atoms with Gasteiger partial charge in [0.1, 0.15) is 6.10 Å². The van der Waals surface area contributed by atoms with Gasteiger partial charge in [0.25, 0.3) is 0 Å². The summed E-state index contributed by atoms with van der Waals surface area (Å²) in [6, 6.07) is 0. The van der Waals surface area contributed by atoms with E-state index in [4.69, 9.17) is 4.74 Å². The van der Waals surface area contributed by atoms with E-state index < -0.39 is 11.7 Å². The van der Waals surface area contributed by atoms with Crippen LogP contribution >= 0.6 is 0 Å². The van der Waals surface area contributed by atoms with Crippen molar-refractivity contribution in [1.82, 2.24) is 0 Å². The number of hydrogen-bond acceptors (Lipinski definition) is 4. The van der Waals surface area contributed by atoms with Gasteiger partial charge in [0, 0.05) is 23.8 Å². The van der Waals surface area contributed by atoms with E-state index in [9.17, 15) is 14.7 Å². The van der Waals surface area contributed by atoms with Crippen LogP contribution in [0.25, 0.3) is 0 Å². The van der Waals surface area contributed by atoms with E-state index in [0.717, 1.165) is 5.57 Å². The van der Waals surface area contributed by atoms with Crippen LogP contribution in [0.4, 0.5) is 0 Å². The van der Waals surface area contributed by atoms with Gasteiger partial charge in [-0.25, -0.2) is 4.79 Å². The van der Waals surface area contributed by atoms with Crippen molar-refractivity contribution in [2.75, 3.05) is 0 Å². The molecule has 0 aromatic carbocycles. The fourth-order valence-electron chi connectivity index (χ4n) is 3.67. The first-order valence-corrected chi connectivity index (χ1v) is 6.69. The highest BCUT2D eigenvalue weighted by Crippen LogP contribution is 2.50. The second-order valence-electron chi connectivity index (χ2n) is 6.11. The van der Waals surface area contributed by atoms with Gasteiger partial charge in [0.15, 0.2) is 5.78 Å². The molecule has 2 fully saturated rings. The van der Waals surface area contributed by atoms with E-state index in [1.807, 2.05) is 0 Å². The summed E-state index contributed by atoms with van der Waals surface area (Å²) in [5, 5.41) is 10.6. The lowest BCUT2D eigenvalue weighted by Crippen LogP contribution is -2.35. The highest BCUT2D eigenvalue weighted by Gasteiger charge is 2.53. The van der Waals surface area contributed by atoms with Crippen molar-refractivity contribution in [3.8, 4) is 0 Å². The van der Waals surface area contributed by atoms with Gasteiger partial charge in [-0.1, -0.05) is 6.58 Å². The van der Waals surface area contributed by atoms with E-state index in [-0.39, 0.29) is 23.6 Å².